The monoisotopic (exact) mass is 429 g/mol. The lowest BCUT2D eigenvalue weighted by Gasteiger charge is -2.17. The molecule has 5 nitrogen and oxygen atoms in total. The smallest absolute Gasteiger partial charge is 0.307 e. The van der Waals surface area contributed by atoms with Gasteiger partial charge in [0.25, 0.3) is 5.91 Å². The summed E-state index contributed by atoms with van der Waals surface area (Å²) in [5, 5.41) is 2.78. The molecule has 1 amide bonds. The number of benzene rings is 1. The fraction of sp³-hybridized carbons (Fsp3) is 0.200. The number of hydrogen-bond donors (Lipinski definition) is 1. The second kappa shape index (κ2) is 7.60. The third-order valence-electron chi connectivity index (χ3n) is 2.97. The van der Waals surface area contributed by atoms with Crippen LogP contribution in [0.15, 0.2) is 50.0 Å². The molecule has 1 atom stereocenters. The van der Waals surface area contributed by atoms with E-state index >= 15 is 0 Å². The predicted molar refractivity (Wildman–Crippen MR) is 87.4 cm³/mol. The molecule has 0 aliphatic carbocycles. The quantitative estimate of drug-likeness (QED) is 0.731. The van der Waals surface area contributed by atoms with Crippen molar-refractivity contribution in [2.45, 2.75) is 12.5 Å². The summed E-state index contributed by atoms with van der Waals surface area (Å²) < 4.78 is 11.3. The van der Waals surface area contributed by atoms with E-state index in [4.69, 9.17) is 4.42 Å². The summed E-state index contributed by atoms with van der Waals surface area (Å²) in [6, 6.07) is 10.0. The van der Waals surface area contributed by atoms with E-state index in [1.165, 1.54) is 7.11 Å². The predicted octanol–water partition coefficient (Wildman–Crippen LogP) is 3.84. The van der Waals surface area contributed by atoms with E-state index in [0.29, 0.717) is 4.67 Å². The third-order valence-corrected chi connectivity index (χ3v) is 3.93. The number of furan rings is 1. The number of ether oxygens (including phenoxy) is 1. The zero-order chi connectivity index (χ0) is 16.1. The van der Waals surface area contributed by atoms with E-state index in [0.717, 1.165) is 10.0 Å². The summed E-state index contributed by atoms with van der Waals surface area (Å²) >= 11 is 6.50. The van der Waals surface area contributed by atoms with E-state index in [2.05, 4.69) is 41.9 Å². The van der Waals surface area contributed by atoms with Gasteiger partial charge in [0.15, 0.2) is 10.4 Å². The summed E-state index contributed by atoms with van der Waals surface area (Å²) in [6.07, 6.45) is 0.0335. The van der Waals surface area contributed by atoms with Gasteiger partial charge in [0, 0.05) is 4.47 Å². The van der Waals surface area contributed by atoms with Crippen LogP contribution in [0.25, 0.3) is 0 Å². The van der Waals surface area contributed by atoms with Gasteiger partial charge in [-0.25, -0.2) is 0 Å². The van der Waals surface area contributed by atoms with Crippen LogP contribution < -0.4 is 5.32 Å². The minimum Gasteiger partial charge on any atom is -0.469 e. The molecule has 0 aliphatic heterocycles. The average Bonchev–Trinajstić information content (AvgIpc) is 2.94. The number of carbonyl (C=O) groups excluding carboxylic acids is 2. The molecule has 1 aromatic heterocycles. The van der Waals surface area contributed by atoms with Crippen molar-refractivity contribution in [3.63, 3.8) is 0 Å². The number of hydrogen-bond acceptors (Lipinski definition) is 4. The molecule has 0 saturated heterocycles. The van der Waals surface area contributed by atoms with Crippen LogP contribution in [-0.2, 0) is 9.53 Å². The minimum atomic E-state index is -0.503. The molecule has 2 rings (SSSR count). The van der Waals surface area contributed by atoms with E-state index in [1.807, 2.05) is 24.3 Å². The Kier molecular flexibility index (Phi) is 5.79. The molecule has 0 aliphatic rings. The Morgan fingerprint density at radius 2 is 1.86 bits per heavy atom. The molecule has 1 aromatic carbocycles. The van der Waals surface area contributed by atoms with E-state index < -0.39 is 17.9 Å². The van der Waals surface area contributed by atoms with Crippen LogP contribution in [0.4, 0.5) is 0 Å². The highest BCUT2D eigenvalue weighted by Gasteiger charge is 2.21. The Hall–Kier alpha value is -1.60. The maximum Gasteiger partial charge on any atom is 0.307 e. The van der Waals surface area contributed by atoms with Gasteiger partial charge in [0.1, 0.15) is 0 Å². The van der Waals surface area contributed by atoms with Gasteiger partial charge < -0.3 is 14.5 Å². The molecule has 22 heavy (non-hydrogen) atoms. The van der Waals surface area contributed by atoms with Crippen LogP contribution in [0.3, 0.4) is 0 Å². The Morgan fingerprint density at radius 1 is 1.18 bits per heavy atom. The van der Waals surface area contributed by atoms with Crippen molar-refractivity contribution in [3.05, 3.63) is 56.9 Å². The summed E-state index contributed by atoms with van der Waals surface area (Å²) in [5.74, 6) is -0.643. The van der Waals surface area contributed by atoms with Crippen molar-refractivity contribution in [3.8, 4) is 0 Å². The Morgan fingerprint density at radius 3 is 2.41 bits per heavy atom. The van der Waals surface area contributed by atoms with Gasteiger partial charge in [0.05, 0.1) is 19.6 Å². The van der Waals surface area contributed by atoms with Crippen LogP contribution in [0.2, 0.25) is 0 Å². The zero-order valence-corrected chi connectivity index (χ0v) is 14.8. The summed E-state index contributed by atoms with van der Waals surface area (Å²) in [5.41, 5.74) is 0.799. The number of halogens is 2. The average molecular weight is 431 g/mol. The SMILES string of the molecule is COC(=O)CC(NC(=O)c1ccc(Br)o1)c1ccc(Br)cc1. The number of esters is 1. The normalized spacial score (nSPS) is 11.8. The molecule has 7 heteroatoms. The van der Waals surface area contributed by atoms with Gasteiger partial charge in [0.2, 0.25) is 0 Å². The highest BCUT2D eigenvalue weighted by Crippen LogP contribution is 2.22. The molecule has 1 N–H and O–H groups in total. The van der Waals surface area contributed by atoms with Gasteiger partial charge in [-0.15, -0.1) is 0 Å². The van der Waals surface area contributed by atoms with E-state index in [9.17, 15) is 9.59 Å². The highest BCUT2D eigenvalue weighted by atomic mass is 79.9. The first-order chi connectivity index (χ1) is 10.5. The van der Waals surface area contributed by atoms with Crippen LogP contribution in [-0.4, -0.2) is 19.0 Å². The van der Waals surface area contributed by atoms with Gasteiger partial charge in [-0.3, -0.25) is 9.59 Å². The Balaban J connectivity index is 2.18. The first-order valence-corrected chi connectivity index (χ1v) is 7.96. The Labute approximate surface area is 144 Å². The molecule has 0 radical (unpaired) electrons. The molecule has 0 spiro atoms. The standard InChI is InChI=1S/C15H13Br2NO4/c1-21-14(19)8-11(9-2-4-10(16)5-3-9)18-15(20)12-6-7-13(17)22-12/h2-7,11H,8H2,1H3,(H,18,20). The van der Waals surface area contributed by atoms with Crippen molar-refractivity contribution >= 4 is 43.7 Å². The summed E-state index contributed by atoms with van der Waals surface area (Å²) in [7, 11) is 1.31. The number of amides is 1. The molecule has 1 heterocycles. The number of nitrogens with one attached hydrogen (secondary N) is 1. The van der Waals surface area contributed by atoms with Crippen LogP contribution >= 0.6 is 31.9 Å². The molecule has 0 bridgehead atoms. The van der Waals surface area contributed by atoms with Gasteiger partial charge in [-0.05, 0) is 45.8 Å². The molecular weight excluding hydrogens is 418 g/mol. The van der Waals surface area contributed by atoms with Gasteiger partial charge in [-0.2, -0.15) is 0 Å². The largest absolute Gasteiger partial charge is 0.469 e. The fourth-order valence-electron chi connectivity index (χ4n) is 1.86. The minimum absolute atomic E-state index is 0.0335. The number of rotatable bonds is 5. The molecular formula is C15H13Br2NO4. The number of carbonyl (C=O) groups is 2. The topological polar surface area (TPSA) is 68.5 Å². The Bertz CT molecular complexity index is 666. The third kappa shape index (κ3) is 4.45. The first-order valence-electron chi connectivity index (χ1n) is 6.38. The summed E-state index contributed by atoms with van der Waals surface area (Å²) in [6.45, 7) is 0. The molecule has 0 fully saturated rings. The first kappa shape index (κ1) is 16.8. The van der Waals surface area contributed by atoms with Crippen molar-refractivity contribution in [2.24, 2.45) is 0 Å². The summed E-state index contributed by atoms with van der Waals surface area (Å²) in [4.78, 5) is 23.8. The highest BCUT2D eigenvalue weighted by molar-refractivity contribution is 9.10. The van der Waals surface area contributed by atoms with Gasteiger partial charge >= 0.3 is 5.97 Å². The fourth-order valence-corrected chi connectivity index (χ4v) is 2.43. The number of methoxy groups -OCH3 is 1. The lowest BCUT2D eigenvalue weighted by molar-refractivity contribution is -0.141. The second-order valence-electron chi connectivity index (χ2n) is 4.46. The zero-order valence-electron chi connectivity index (χ0n) is 11.6. The van der Waals surface area contributed by atoms with Crippen LogP contribution in [0, 0.1) is 0 Å². The van der Waals surface area contributed by atoms with Crippen molar-refractivity contribution in [1.82, 2.24) is 5.32 Å². The van der Waals surface area contributed by atoms with Gasteiger partial charge in [-0.1, -0.05) is 28.1 Å². The molecule has 116 valence electrons. The maximum absolute atomic E-state index is 12.2. The van der Waals surface area contributed by atoms with Crippen LogP contribution in [0.1, 0.15) is 28.6 Å². The molecule has 2 aromatic rings. The second-order valence-corrected chi connectivity index (χ2v) is 6.16. The molecule has 0 saturated carbocycles. The van der Waals surface area contributed by atoms with E-state index in [-0.39, 0.29) is 12.2 Å². The maximum atomic E-state index is 12.2. The van der Waals surface area contributed by atoms with Crippen molar-refractivity contribution < 1.29 is 18.7 Å². The van der Waals surface area contributed by atoms with Crippen molar-refractivity contribution in [2.75, 3.05) is 7.11 Å². The van der Waals surface area contributed by atoms with Crippen molar-refractivity contribution in [1.29, 1.82) is 0 Å². The van der Waals surface area contributed by atoms with Crippen LogP contribution in [0.5, 0.6) is 0 Å². The van der Waals surface area contributed by atoms with E-state index in [1.54, 1.807) is 12.1 Å². The lowest BCUT2D eigenvalue weighted by Crippen LogP contribution is -2.30. The molecule has 1 unspecified atom stereocenters. The lowest BCUT2D eigenvalue weighted by atomic mass is 10.0.